The Hall–Kier alpha value is -2.36. The van der Waals surface area contributed by atoms with Gasteiger partial charge < -0.3 is 9.84 Å². The maximum absolute atomic E-state index is 10.7. The second-order valence-corrected chi connectivity index (χ2v) is 3.47. The molecule has 4 heteroatoms. The number of aromatic carboxylic acids is 1. The zero-order valence-electron chi connectivity index (χ0n) is 9.25. The lowest BCUT2D eigenvalue weighted by Gasteiger charge is -2.04. The summed E-state index contributed by atoms with van der Waals surface area (Å²) in [5.74, 6) is -0.271. The number of rotatable bonds is 3. The molecule has 1 aromatic heterocycles. The maximum atomic E-state index is 10.7. The predicted molar refractivity (Wildman–Crippen MR) is 63.2 cm³/mol. The first kappa shape index (κ1) is 11.1. The summed E-state index contributed by atoms with van der Waals surface area (Å²) in [6, 6.07) is 10.7. The van der Waals surface area contributed by atoms with Crippen LogP contribution in [0.3, 0.4) is 0 Å². The Balaban J connectivity index is 2.36. The Labute approximate surface area is 98.5 Å². The number of hydrogen-bond donors (Lipinski definition) is 1. The average Bonchev–Trinajstić information content (AvgIpc) is 2.39. The standard InChI is InChI=1S/C13H11NO3/c1-17-11-4-2-3-9(7-11)10-5-6-12(13(15)16)14-8-10/h2-8H,1H3,(H,15,16). The summed E-state index contributed by atoms with van der Waals surface area (Å²) in [4.78, 5) is 14.5. The summed E-state index contributed by atoms with van der Waals surface area (Å²) in [7, 11) is 1.60. The third-order valence-corrected chi connectivity index (χ3v) is 2.39. The van der Waals surface area contributed by atoms with Crippen molar-refractivity contribution in [2.45, 2.75) is 0 Å². The molecule has 0 fully saturated rings. The Morgan fingerprint density at radius 3 is 2.65 bits per heavy atom. The second kappa shape index (κ2) is 4.65. The zero-order valence-corrected chi connectivity index (χ0v) is 9.25. The highest BCUT2D eigenvalue weighted by Crippen LogP contribution is 2.23. The van der Waals surface area contributed by atoms with Gasteiger partial charge in [-0.05, 0) is 23.8 Å². The second-order valence-electron chi connectivity index (χ2n) is 3.47. The molecule has 86 valence electrons. The minimum absolute atomic E-state index is 0.0386. The summed E-state index contributed by atoms with van der Waals surface area (Å²) >= 11 is 0. The fourth-order valence-corrected chi connectivity index (χ4v) is 1.49. The number of methoxy groups -OCH3 is 1. The Morgan fingerprint density at radius 2 is 2.06 bits per heavy atom. The average molecular weight is 229 g/mol. The van der Waals surface area contributed by atoms with Crippen molar-refractivity contribution in [1.29, 1.82) is 0 Å². The molecule has 2 aromatic rings. The lowest BCUT2D eigenvalue weighted by Crippen LogP contribution is -1.99. The summed E-state index contributed by atoms with van der Waals surface area (Å²) in [6.07, 6.45) is 1.54. The number of carbonyl (C=O) groups is 1. The van der Waals surface area contributed by atoms with Crippen molar-refractivity contribution < 1.29 is 14.6 Å². The molecule has 0 spiro atoms. The van der Waals surface area contributed by atoms with Gasteiger partial charge in [0.2, 0.25) is 0 Å². The van der Waals surface area contributed by atoms with Gasteiger partial charge in [0.25, 0.3) is 0 Å². The maximum Gasteiger partial charge on any atom is 0.354 e. The van der Waals surface area contributed by atoms with Crippen molar-refractivity contribution in [1.82, 2.24) is 4.98 Å². The first-order valence-electron chi connectivity index (χ1n) is 5.04. The van der Waals surface area contributed by atoms with Crippen LogP contribution in [0.4, 0.5) is 0 Å². The number of carboxylic acid groups (broad SMARTS) is 1. The third-order valence-electron chi connectivity index (χ3n) is 2.39. The Kier molecular flexibility index (Phi) is 3.05. The molecule has 0 bridgehead atoms. The van der Waals surface area contributed by atoms with E-state index in [0.29, 0.717) is 0 Å². The van der Waals surface area contributed by atoms with E-state index in [2.05, 4.69) is 4.98 Å². The molecule has 17 heavy (non-hydrogen) atoms. The number of hydrogen-bond acceptors (Lipinski definition) is 3. The molecule has 0 aliphatic carbocycles. The van der Waals surface area contributed by atoms with Crippen LogP contribution in [0.25, 0.3) is 11.1 Å². The monoisotopic (exact) mass is 229 g/mol. The quantitative estimate of drug-likeness (QED) is 0.878. The fourth-order valence-electron chi connectivity index (χ4n) is 1.49. The Morgan fingerprint density at radius 1 is 1.24 bits per heavy atom. The molecule has 1 heterocycles. The molecule has 0 aliphatic heterocycles. The zero-order chi connectivity index (χ0) is 12.3. The van der Waals surface area contributed by atoms with Gasteiger partial charge in [-0.15, -0.1) is 0 Å². The largest absolute Gasteiger partial charge is 0.497 e. The predicted octanol–water partition coefficient (Wildman–Crippen LogP) is 2.46. The van der Waals surface area contributed by atoms with E-state index in [1.807, 2.05) is 24.3 Å². The van der Waals surface area contributed by atoms with Gasteiger partial charge >= 0.3 is 5.97 Å². The molecular formula is C13H11NO3. The molecule has 0 unspecified atom stereocenters. The number of benzene rings is 1. The van der Waals surface area contributed by atoms with Crippen LogP contribution in [-0.4, -0.2) is 23.2 Å². The molecule has 0 saturated heterocycles. The molecule has 1 N–H and O–H groups in total. The summed E-state index contributed by atoms with van der Waals surface area (Å²) in [5.41, 5.74) is 1.83. The molecule has 0 aliphatic rings. The molecule has 0 amide bonds. The van der Waals surface area contributed by atoms with Gasteiger partial charge in [0, 0.05) is 11.8 Å². The summed E-state index contributed by atoms with van der Waals surface area (Å²) < 4.78 is 5.12. The van der Waals surface area contributed by atoms with Gasteiger partial charge in [0.1, 0.15) is 11.4 Å². The molecule has 0 saturated carbocycles. The van der Waals surface area contributed by atoms with Crippen molar-refractivity contribution in [2.75, 3.05) is 7.11 Å². The minimum atomic E-state index is -1.03. The van der Waals surface area contributed by atoms with Crippen LogP contribution in [0.1, 0.15) is 10.5 Å². The smallest absolute Gasteiger partial charge is 0.354 e. The normalized spacial score (nSPS) is 9.94. The Bertz CT molecular complexity index is 535. The van der Waals surface area contributed by atoms with E-state index in [9.17, 15) is 4.79 Å². The van der Waals surface area contributed by atoms with Gasteiger partial charge in [0.15, 0.2) is 0 Å². The van der Waals surface area contributed by atoms with E-state index in [1.54, 1.807) is 13.2 Å². The van der Waals surface area contributed by atoms with E-state index < -0.39 is 5.97 Å². The number of ether oxygens (including phenoxy) is 1. The highest BCUT2D eigenvalue weighted by Gasteiger charge is 2.05. The van der Waals surface area contributed by atoms with Gasteiger partial charge in [-0.3, -0.25) is 0 Å². The van der Waals surface area contributed by atoms with Gasteiger partial charge in [0.05, 0.1) is 7.11 Å². The van der Waals surface area contributed by atoms with Crippen molar-refractivity contribution in [3.63, 3.8) is 0 Å². The molecule has 2 rings (SSSR count). The number of carboxylic acids is 1. The van der Waals surface area contributed by atoms with Gasteiger partial charge in [-0.25, -0.2) is 9.78 Å². The number of aromatic nitrogens is 1. The van der Waals surface area contributed by atoms with E-state index in [4.69, 9.17) is 9.84 Å². The molecule has 0 atom stereocenters. The van der Waals surface area contributed by atoms with Gasteiger partial charge in [-0.2, -0.15) is 0 Å². The van der Waals surface area contributed by atoms with Crippen LogP contribution in [0.5, 0.6) is 5.75 Å². The van der Waals surface area contributed by atoms with Crippen LogP contribution in [-0.2, 0) is 0 Å². The van der Waals surface area contributed by atoms with Crippen molar-refractivity contribution >= 4 is 5.97 Å². The van der Waals surface area contributed by atoms with E-state index >= 15 is 0 Å². The van der Waals surface area contributed by atoms with E-state index in [1.165, 1.54) is 12.3 Å². The summed E-state index contributed by atoms with van der Waals surface area (Å²) in [6.45, 7) is 0. The topological polar surface area (TPSA) is 59.4 Å². The van der Waals surface area contributed by atoms with Crippen LogP contribution < -0.4 is 4.74 Å². The molecule has 1 aromatic carbocycles. The lowest BCUT2D eigenvalue weighted by molar-refractivity contribution is 0.0690. The van der Waals surface area contributed by atoms with Crippen LogP contribution in [0.15, 0.2) is 42.6 Å². The first-order chi connectivity index (χ1) is 8.20. The minimum Gasteiger partial charge on any atom is -0.497 e. The van der Waals surface area contributed by atoms with Crippen molar-refractivity contribution in [2.24, 2.45) is 0 Å². The van der Waals surface area contributed by atoms with Crippen molar-refractivity contribution in [3.05, 3.63) is 48.3 Å². The summed E-state index contributed by atoms with van der Waals surface area (Å²) in [5, 5.41) is 8.75. The third kappa shape index (κ3) is 2.42. The highest BCUT2D eigenvalue weighted by atomic mass is 16.5. The van der Waals surface area contributed by atoms with E-state index in [0.717, 1.165) is 16.9 Å². The lowest BCUT2D eigenvalue weighted by atomic mass is 10.1. The molecule has 4 nitrogen and oxygen atoms in total. The van der Waals surface area contributed by atoms with Crippen LogP contribution in [0, 0.1) is 0 Å². The van der Waals surface area contributed by atoms with E-state index in [-0.39, 0.29) is 5.69 Å². The number of pyridine rings is 1. The van der Waals surface area contributed by atoms with Crippen molar-refractivity contribution in [3.8, 4) is 16.9 Å². The molecule has 0 radical (unpaired) electrons. The highest BCUT2D eigenvalue weighted by molar-refractivity contribution is 5.85. The molecular weight excluding hydrogens is 218 g/mol. The SMILES string of the molecule is COc1cccc(-c2ccc(C(=O)O)nc2)c1. The van der Waals surface area contributed by atoms with Crippen LogP contribution >= 0.6 is 0 Å². The first-order valence-corrected chi connectivity index (χ1v) is 5.04. The van der Waals surface area contributed by atoms with Gasteiger partial charge in [-0.1, -0.05) is 18.2 Å². The fraction of sp³-hybridized carbons (Fsp3) is 0.0769. The number of nitrogens with zero attached hydrogens (tertiary/aromatic N) is 1. The van der Waals surface area contributed by atoms with Crippen LogP contribution in [0.2, 0.25) is 0 Å².